The van der Waals surface area contributed by atoms with Crippen LogP contribution in [0.25, 0.3) is 0 Å². The molecule has 0 aliphatic carbocycles. The van der Waals surface area contributed by atoms with Gasteiger partial charge in [-0.25, -0.2) is 10.6 Å². The fourth-order valence-corrected chi connectivity index (χ4v) is 0. The molecule has 12 heavy (non-hydrogen) atoms. The predicted octanol–water partition coefficient (Wildman–Crippen LogP) is -0.673. The normalized spacial score (nSPS) is 9.33. The van der Waals surface area contributed by atoms with E-state index < -0.39 is 12.1 Å². The van der Waals surface area contributed by atoms with E-state index in [4.69, 9.17) is 15.6 Å². The number of nitrogens with two attached hydrogens (primary N) is 2. The first-order chi connectivity index (χ1) is 5.21. The van der Waals surface area contributed by atoms with Crippen molar-refractivity contribution in [1.82, 2.24) is 5.43 Å². The van der Waals surface area contributed by atoms with Crippen LogP contribution in [0, 0.1) is 0 Å². The molecule has 5 nitrogen and oxygen atoms in total. The van der Waals surface area contributed by atoms with E-state index >= 15 is 0 Å². The van der Waals surface area contributed by atoms with Crippen molar-refractivity contribution < 1.29 is 23.1 Å². The second-order valence-corrected chi connectivity index (χ2v) is 1.75. The number of rotatable bonds is 0. The number of halogens is 3. The number of carbonyl (C=O) groups is 1. The molecule has 0 amide bonds. The Hall–Kier alpha value is -1.09. The summed E-state index contributed by atoms with van der Waals surface area (Å²) in [6, 6.07) is 0. The minimum absolute atomic E-state index is 0.116. The van der Waals surface area contributed by atoms with E-state index in [9.17, 15) is 13.2 Å². The largest absolute Gasteiger partial charge is 0.490 e. The number of alkyl halides is 3. The van der Waals surface area contributed by atoms with E-state index in [1.54, 1.807) is 0 Å². The Kier molecular flexibility index (Phi) is 6.24. The van der Waals surface area contributed by atoms with Crippen LogP contribution in [0.15, 0.2) is 0 Å². The molecule has 72 valence electrons. The van der Waals surface area contributed by atoms with Gasteiger partial charge < -0.3 is 16.3 Å². The molecule has 0 heterocycles. The van der Waals surface area contributed by atoms with Crippen molar-refractivity contribution in [2.75, 3.05) is 0 Å². The number of carboxylic acids is 1. The molecule has 0 rings (SSSR count). The van der Waals surface area contributed by atoms with Gasteiger partial charge in [0.1, 0.15) is 0 Å². The van der Waals surface area contributed by atoms with Gasteiger partial charge in [-0.05, 0) is 12.2 Å². The Balaban J connectivity index is 0. The Labute approximate surface area is 70.5 Å². The van der Waals surface area contributed by atoms with Crippen LogP contribution in [0.5, 0.6) is 0 Å². The van der Waals surface area contributed by atoms with E-state index in [1.165, 1.54) is 0 Å². The monoisotopic (exact) mass is 205 g/mol. The highest BCUT2D eigenvalue weighted by molar-refractivity contribution is 7.80. The highest BCUT2D eigenvalue weighted by Gasteiger charge is 2.38. The minimum atomic E-state index is -5.08. The molecule has 0 aromatic carbocycles. The van der Waals surface area contributed by atoms with Crippen molar-refractivity contribution in [1.29, 1.82) is 0 Å². The smallest absolute Gasteiger partial charge is 0.475 e. The number of hydrogen-bond acceptors (Lipinski definition) is 3. The van der Waals surface area contributed by atoms with E-state index in [-0.39, 0.29) is 5.11 Å². The zero-order chi connectivity index (χ0) is 10.4. The van der Waals surface area contributed by atoms with Crippen molar-refractivity contribution in [3.05, 3.63) is 0 Å². The number of nitrogens with one attached hydrogen (secondary N) is 1. The number of thiocarbonyl (C=S) groups is 1. The molecule has 0 aromatic heterocycles. The topological polar surface area (TPSA) is 101 Å². The van der Waals surface area contributed by atoms with Gasteiger partial charge in [0.15, 0.2) is 5.11 Å². The summed E-state index contributed by atoms with van der Waals surface area (Å²) in [5.74, 6) is 1.90. The van der Waals surface area contributed by atoms with Crippen LogP contribution < -0.4 is 17.0 Å². The van der Waals surface area contributed by atoms with Crippen molar-refractivity contribution in [2.24, 2.45) is 11.6 Å². The molecule has 0 atom stereocenters. The zero-order valence-electron chi connectivity index (χ0n) is 5.55. The average molecular weight is 205 g/mol. The number of carboxylic acid groups (broad SMARTS) is 1. The highest BCUT2D eigenvalue weighted by atomic mass is 32.1. The molecule has 0 aliphatic heterocycles. The van der Waals surface area contributed by atoms with Crippen LogP contribution in [0.1, 0.15) is 0 Å². The van der Waals surface area contributed by atoms with Crippen LogP contribution in [0.2, 0.25) is 0 Å². The maximum absolute atomic E-state index is 10.6. The fraction of sp³-hybridized carbons (Fsp3) is 0.333. The zero-order valence-corrected chi connectivity index (χ0v) is 6.37. The first-order valence-corrected chi connectivity index (χ1v) is 2.68. The van der Waals surface area contributed by atoms with Crippen molar-refractivity contribution >= 4 is 23.3 Å². The summed E-state index contributed by atoms with van der Waals surface area (Å²) in [6.45, 7) is 0. The van der Waals surface area contributed by atoms with Crippen LogP contribution in [-0.2, 0) is 4.79 Å². The van der Waals surface area contributed by atoms with Gasteiger partial charge in [-0.3, -0.25) is 0 Å². The molecule has 0 unspecified atom stereocenters. The summed E-state index contributed by atoms with van der Waals surface area (Å²) in [5.41, 5.74) is 6.82. The van der Waals surface area contributed by atoms with Crippen LogP contribution >= 0.6 is 12.2 Å². The summed E-state index contributed by atoms with van der Waals surface area (Å²) < 4.78 is 31.7. The molecular formula is C3H6F3N3O2S. The van der Waals surface area contributed by atoms with E-state index in [0.717, 1.165) is 0 Å². The predicted molar refractivity (Wildman–Crippen MR) is 37.8 cm³/mol. The van der Waals surface area contributed by atoms with E-state index in [1.807, 2.05) is 5.43 Å². The average Bonchev–Trinajstić information content (AvgIpc) is 1.87. The van der Waals surface area contributed by atoms with Crippen molar-refractivity contribution in [3.8, 4) is 0 Å². The second kappa shape index (κ2) is 5.55. The maximum Gasteiger partial charge on any atom is 0.490 e. The molecule has 6 N–H and O–H groups in total. The third kappa shape index (κ3) is 11.7. The van der Waals surface area contributed by atoms with E-state index in [0.29, 0.717) is 0 Å². The summed E-state index contributed by atoms with van der Waals surface area (Å²) >= 11 is 4.24. The van der Waals surface area contributed by atoms with Gasteiger partial charge in [-0.1, -0.05) is 0 Å². The summed E-state index contributed by atoms with van der Waals surface area (Å²) in [5, 5.41) is 7.24. The van der Waals surface area contributed by atoms with Gasteiger partial charge in [0.2, 0.25) is 0 Å². The molecule has 0 saturated carbocycles. The van der Waals surface area contributed by atoms with Gasteiger partial charge >= 0.3 is 12.1 Å². The molecule has 0 spiro atoms. The summed E-state index contributed by atoms with van der Waals surface area (Å²) in [6.07, 6.45) is -5.08. The van der Waals surface area contributed by atoms with E-state index in [2.05, 4.69) is 18.1 Å². The SMILES string of the molecule is NNC(N)=S.O=C(O)C(F)(F)F. The Bertz CT molecular complexity index is 171. The first-order valence-electron chi connectivity index (χ1n) is 2.28. The molecule has 0 aliphatic rings. The lowest BCUT2D eigenvalue weighted by Crippen LogP contribution is -2.34. The second-order valence-electron chi connectivity index (χ2n) is 1.31. The van der Waals surface area contributed by atoms with Gasteiger partial charge in [0.25, 0.3) is 0 Å². The van der Waals surface area contributed by atoms with Gasteiger partial charge in [0.05, 0.1) is 0 Å². The Morgan fingerprint density at radius 3 is 1.67 bits per heavy atom. The lowest BCUT2D eigenvalue weighted by atomic mass is 10.7. The van der Waals surface area contributed by atoms with Gasteiger partial charge in [-0.2, -0.15) is 13.2 Å². The van der Waals surface area contributed by atoms with Crippen LogP contribution in [0.3, 0.4) is 0 Å². The lowest BCUT2D eigenvalue weighted by molar-refractivity contribution is -0.192. The third-order valence-corrected chi connectivity index (χ3v) is 0.503. The molecular weight excluding hydrogens is 199 g/mol. The third-order valence-electron chi connectivity index (χ3n) is 0.385. The van der Waals surface area contributed by atoms with Crippen LogP contribution in [-0.4, -0.2) is 22.4 Å². The Morgan fingerprint density at radius 2 is 1.67 bits per heavy atom. The van der Waals surface area contributed by atoms with Crippen LogP contribution in [0.4, 0.5) is 13.2 Å². The Morgan fingerprint density at radius 1 is 1.50 bits per heavy atom. The standard InChI is InChI=1S/C2HF3O2.CH5N3S/c3-2(4,5)1(6)7;2-1(5)4-3/h(H,6,7);3H2,(H3,2,4,5). The van der Waals surface area contributed by atoms with Gasteiger partial charge in [0, 0.05) is 0 Å². The number of hydrogen-bond donors (Lipinski definition) is 4. The lowest BCUT2D eigenvalue weighted by Gasteiger charge is -1.93. The minimum Gasteiger partial charge on any atom is -0.475 e. The molecule has 9 heteroatoms. The molecule has 0 saturated heterocycles. The molecule has 0 fully saturated rings. The molecule has 0 aromatic rings. The summed E-state index contributed by atoms with van der Waals surface area (Å²) in [4.78, 5) is 8.90. The van der Waals surface area contributed by atoms with Gasteiger partial charge in [-0.15, -0.1) is 0 Å². The number of hydrazine groups is 1. The molecule has 0 radical (unpaired) electrons. The van der Waals surface area contributed by atoms with Crippen molar-refractivity contribution in [3.63, 3.8) is 0 Å². The first kappa shape index (κ1) is 13.5. The van der Waals surface area contributed by atoms with Crippen molar-refractivity contribution in [2.45, 2.75) is 6.18 Å². The fourth-order valence-electron chi connectivity index (χ4n) is 0. The summed E-state index contributed by atoms with van der Waals surface area (Å²) in [7, 11) is 0. The maximum atomic E-state index is 10.6. The highest BCUT2D eigenvalue weighted by Crippen LogP contribution is 2.13. The quantitative estimate of drug-likeness (QED) is 0.237. The number of aliphatic carboxylic acids is 1. The molecule has 0 bridgehead atoms.